The van der Waals surface area contributed by atoms with Gasteiger partial charge in [0.05, 0.1) is 0 Å². The number of hydrogen-bond donors (Lipinski definition) is 1. The number of halogens is 1. The molecule has 0 spiro atoms. The lowest BCUT2D eigenvalue weighted by Gasteiger charge is -2.05. The Labute approximate surface area is 107 Å². The second kappa shape index (κ2) is 4.81. The van der Waals surface area contributed by atoms with Crippen LogP contribution in [0, 0.1) is 5.82 Å². The highest BCUT2D eigenvalue weighted by Crippen LogP contribution is 2.21. The number of nitrogens with zero attached hydrogens (tertiary/aromatic N) is 1. The van der Waals surface area contributed by atoms with Gasteiger partial charge in [-0.3, -0.25) is 0 Å². The monoisotopic (exact) mass is 285 g/mol. The molecule has 8 heteroatoms. The first-order valence-electron chi connectivity index (χ1n) is 5.05. The van der Waals surface area contributed by atoms with Crippen molar-refractivity contribution in [3.8, 4) is 5.75 Å². The van der Waals surface area contributed by atoms with Crippen LogP contribution in [0.25, 0.3) is 0 Å². The second-order valence-electron chi connectivity index (χ2n) is 3.62. The van der Waals surface area contributed by atoms with Gasteiger partial charge < -0.3 is 9.84 Å². The smallest absolute Gasteiger partial charge is 0.349 e. The first-order valence-corrected chi connectivity index (χ1v) is 6.49. The van der Waals surface area contributed by atoms with Crippen molar-refractivity contribution in [2.24, 2.45) is 4.40 Å². The number of benzene rings is 1. The van der Waals surface area contributed by atoms with Crippen molar-refractivity contribution in [3.63, 3.8) is 0 Å². The van der Waals surface area contributed by atoms with E-state index >= 15 is 0 Å². The van der Waals surface area contributed by atoms with Gasteiger partial charge in [0.15, 0.2) is 4.91 Å². The molecule has 0 fully saturated rings. The molecule has 1 aliphatic rings. The van der Waals surface area contributed by atoms with E-state index in [0.717, 1.165) is 12.3 Å². The molecular formula is C11H8FNO5S. The fourth-order valence-electron chi connectivity index (χ4n) is 1.48. The third kappa shape index (κ3) is 2.79. The van der Waals surface area contributed by atoms with Crippen LogP contribution in [0.1, 0.15) is 0 Å². The van der Waals surface area contributed by atoms with Crippen LogP contribution in [0.5, 0.6) is 5.75 Å². The van der Waals surface area contributed by atoms with E-state index in [2.05, 4.69) is 4.40 Å². The molecule has 0 saturated carbocycles. The minimum Gasteiger partial charge on any atom is -0.489 e. The number of sulfonamides is 1. The highest BCUT2D eigenvalue weighted by atomic mass is 32.2. The van der Waals surface area contributed by atoms with Gasteiger partial charge in [-0.2, -0.15) is 12.8 Å². The summed E-state index contributed by atoms with van der Waals surface area (Å²) in [5.41, 5.74) is -0.0863. The van der Waals surface area contributed by atoms with Gasteiger partial charge in [-0.1, -0.05) is 6.07 Å². The maximum absolute atomic E-state index is 12.9. The van der Waals surface area contributed by atoms with E-state index in [0.29, 0.717) is 0 Å². The van der Waals surface area contributed by atoms with Gasteiger partial charge in [-0.25, -0.2) is 9.18 Å². The molecule has 1 N–H and O–H groups in total. The van der Waals surface area contributed by atoms with Gasteiger partial charge in [0.2, 0.25) is 0 Å². The standard InChI is InChI=1S/C11H8FNO5S/c12-8-2-1-3-9(4-8)18-6-7-5-13-19(16,17)10(7)11(14)15/h1-5H,6H2,(H,14,15). The van der Waals surface area contributed by atoms with Crippen molar-refractivity contribution in [1.29, 1.82) is 0 Å². The molecule has 1 aromatic rings. The van der Waals surface area contributed by atoms with Crippen LogP contribution in [0.2, 0.25) is 0 Å². The summed E-state index contributed by atoms with van der Waals surface area (Å²) in [6, 6.07) is 5.19. The Bertz CT molecular complexity index is 693. The van der Waals surface area contributed by atoms with E-state index in [9.17, 15) is 17.6 Å². The number of hydrogen-bond acceptors (Lipinski definition) is 4. The van der Waals surface area contributed by atoms with Crippen LogP contribution < -0.4 is 4.74 Å². The lowest BCUT2D eigenvalue weighted by molar-refractivity contribution is -0.131. The highest BCUT2D eigenvalue weighted by molar-refractivity contribution is 7.95. The van der Waals surface area contributed by atoms with Crippen LogP contribution in [-0.2, 0) is 14.8 Å². The van der Waals surface area contributed by atoms with Gasteiger partial charge in [0.25, 0.3) is 10.0 Å². The average Bonchev–Trinajstić information content (AvgIpc) is 2.62. The summed E-state index contributed by atoms with van der Waals surface area (Å²) in [6.07, 6.45) is 0.915. The van der Waals surface area contributed by atoms with Gasteiger partial charge >= 0.3 is 5.97 Å². The van der Waals surface area contributed by atoms with Crippen LogP contribution in [0.3, 0.4) is 0 Å². The molecule has 19 heavy (non-hydrogen) atoms. The maximum Gasteiger partial charge on any atom is 0.349 e. The lowest BCUT2D eigenvalue weighted by Crippen LogP contribution is -2.12. The first-order chi connectivity index (χ1) is 8.90. The zero-order chi connectivity index (χ0) is 14.0. The fraction of sp³-hybridized carbons (Fsp3) is 0.0909. The molecule has 2 rings (SSSR count). The van der Waals surface area contributed by atoms with Gasteiger partial charge in [0.1, 0.15) is 18.2 Å². The van der Waals surface area contributed by atoms with E-state index in [4.69, 9.17) is 9.84 Å². The Morgan fingerprint density at radius 3 is 2.79 bits per heavy atom. The Balaban J connectivity index is 2.22. The molecule has 6 nitrogen and oxygen atoms in total. The van der Waals surface area contributed by atoms with Crippen molar-refractivity contribution >= 4 is 22.2 Å². The number of carbonyl (C=O) groups is 1. The summed E-state index contributed by atoms with van der Waals surface area (Å²) < 4.78 is 43.8. The second-order valence-corrected chi connectivity index (χ2v) is 5.18. The zero-order valence-corrected chi connectivity index (χ0v) is 10.2. The van der Waals surface area contributed by atoms with Crippen LogP contribution in [0.15, 0.2) is 39.1 Å². The fourth-order valence-corrected chi connectivity index (χ4v) is 2.51. The topological polar surface area (TPSA) is 93.0 Å². The summed E-state index contributed by atoms with van der Waals surface area (Å²) in [5.74, 6) is -1.96. The molecule has 1 aliphatic heterocycles. The number of rotatable bonds is 4. The van der Waals surface area contributed by atoms with Gasteiger partial charge in [-0.05, 0) is 12.1 Å². The third-order valence-electron chi connectivity index (χ3n) is 2.28. The van der Waals surface area contributed by atoms with Crippen LogP contribution in [0.4, 0.5) is 4.39 Å². The quantitative estimate of drug-likeness (QED) is 0.889. The number of ether oxygens (including phenoxy) is 1. The van der Waals surface area contributed by atoms with E-state index in [1.807, 2.05) is 0 Å². The Morgan fingerprint density at radius 2 is 2.16 bits per heavy atom. The van der Waals surface area contributed by atoms with E-state index < -0.39 is 26.7 Å². The van der Waals surface area contributed by atoms with Crippen molar-refractivity contribution in [2.45, 2.75) is 0 Å². The number of aliphatic carboxylic acids is 1. The lowest BCUT2D eigenvalue weighted by atomic mass is 10.3. The number of carboxylic acids is 1. The first kappa shape index (κ1) is 13.2. The Kier molecular flexibility index (Phi) is 3.34. The predicted molar refractivity (Wildman–Crippen MR) is 64.0 cm³/mol. The highest BCUT2D eigenvalue weighted by Gasteiger charge is 2.32. The Hall–Kier alpha value is -2.22. The van der Waals surface area contributed by atoms with Crippen molar-refractivity contribution < 1.29 is 27.4 Å². The molecule has 0 aromatic heterocycles. The summed E-state index contributed by atoms with van der Waals surface area (Å²) >= 11 is 0. The predicted octanol–water partition coefficient (Wildman–Crippen LogP) is 0.957. The zero-order valence-electron chi connectivity index (χ0n) is 9.41. The van der Waals surface area contributed by atoms with Crippen molar-refractivity contribution in [3.05, 3.63) is 40.6 Å². The van der Waals surface area contributed by atoms with Gasteiger partial charge in [-0.15, -0.1) is 0 Å². The molecule has 0 atom stereocenters. The van der Waals surface area contributed by atoms with Gasteiger partial charge in [0, 0.05) is 17.9 Å². The molecule has 0 unspecified atom stereocenters. The summed E-state index contributed by atoms with van der Waals surface area (Å²) in [6.45, 7) is -0.326. The minimum absolute atomic E-state index is 0.0863. The summed E-state index contributed by atoms with van der Waals surface area (Å²) in [4.78, 5) is 10.0. The molecular weight excluding hydrogens is 277 g/mol. The van der Waals surface area contributed by atoms with Crippen LogP contribution in [-0.4, -0.2) is 32.3 Å². The Morgan fingerprint density at radius 1 is 1.42 bits per heavy atom. The average molecular weight is 285 g/mol. The van der Waals surface area contributed by atoms with E-state index in [-0.39, 0.29) is 17.9 Å². The molecule has 1 heterocycles. The molecule has 0 saturated heterocycles. The third-order valence-corrected chi connectivity index (χ3v) is 3.62. The van der Waals surface area contributed by atoms with Crippen molar-refractivity contribution in [1.82, 2.24) is 0 Å². The normalized spacial score (nSPS) is 16.7. The molecule has 0 radical (unpaired) electrons. The largest absolute Gasteiger partial charge is 0.489 e. The molecule has 0 bridgehead atoms. The maximum atomic E-state index is 12.9. The summed E-state index contributed by atoms with van der Waals surface area (Å²) in [5, 5.41) is 8.83. The molecule has 1 aromatic carbocycles. The molecule has 0 aliphatic carbocycles. The summed E-state index contributed by atoms with van der Waals surface area (Å²) in [7, 11) is -4.15. The SMILES string of the molecule is O=C(O)C1=C(COc2cccc(F)c2)C=NS1(=O)=O. The molecule has 100 valence electrons. The molecule has 0 amide bonds. The van der Waals surface area contributed by atoms with E-state index in [1.54, 1.807) is 0 Å². The van der Waals surface area contributed by atoms with Crippen LogP contribution >= 0.6 is 0 Å². The van der Waals surface area contributed by atoms with Crippen molar-refractivity contribution in [2.75, 3.05) is 6.61 Å². The number of carboxylic acid groups (broad SMARTS) is 1. The van der Waals surface area contributed by atoms with E-state index in [1.165, 1.54) is 18.2 Å². The minimum atomic E-state index is -4.15.